The van der Waals surface area contributed by atoms with Gasteiger partial charge in [-0.05, 0) is 36.2 Å². The first kappa shape index (κ1) is 16.1. The number of benzene rings is 2. The molecule has 2 aromatic carbocycles. The summed E-state index contributed by atoms with van der Waals surface area (Å²) in [4.78, 5) is 13.6. The van der Waals surface area contributed by atoms with Crippen molar-refractivity contribution in [3.05, 3.63) is 60.2 Å². The maximum Gasteiger partial charge on any atom is 0.321 e. The third kappa shape index (κ3) is 3.38. The highest BCUT2D eigenvalue weighted by Crippen LogP contribution is 2.35. The van der Waals surface area contributed by atoms with Crippen molar-refractivity contribution in [2.24, 2.45) is 0 Å². The Kier molecular flexibility index (Phi) is 4.42. The summed E-state index contributed by atoms with van der Waals surface area (Å²) in [5.41, 5.74) is 1.08. The van der Waals surface area contributed by atoms with Crippen molar-refractivity contribution < 1.29 is 19.4 Å². The van der Waals surface area contributed by atoms with Crippen molar-refractivity contribution >= 4 is 5.97 Å². The minimum absolute atomic E-state index is 0.0572. The Morgan fingerprint density at radius 3 is 2.56 bits per heavy atom. The summed E-state index contributed by atoms with van der Waals surface area (Å²) in [6.45, 7) is 1.34. The Morgan fingerprint density at radius 1 is 1.12 bits per heavy atom. The van der Waals surface area contributed by atoms with Gasteiger partial charge < -0.3 is 14.6 Å². The number of hydrogen-bond donors (Lipinski definition) is 1. The summed E-state index contributed by atoms with van der Waals surface area (Å²) in [6, 6.07) is 17.2. The number of para-hydroxylation sites is 1. The molecule has 0 amide bonds. The second-order valence-corrected chi connectivity index (χ2v) is 6.59. The summed E-state index contributed by atoms with van der Waals surface area (Å²) >= 11 is 0. The topological polar surface area (TPSA) is 59.0 Å². The summed E-state index contributed by atoms with van der Waals surface area (Å²) in [6.07, 6.45) is 1.54. The zero-order valence-corrected chi connectivity index (χ0v) is 13.9. The van der Waals surface area contributed by atoms with Crippen LogP contribution in [0.15, 0.2) is 54.6 Å². The number of carboxylic acid groups (broad SMARTS) is 1. The fourth-order valence-electron chi connectivity index (χ4n) is 3.80. The maximum atomic E-state index is 11.6. The normalized spacial score (nSPS) is 25.7. The molecule has 2 fully saturated rings. The number of aliphatic carboxylic acids is 1. The molecule has 0 spiro atoms. The molecule has 4 rings (SSSR count). The number of rotatable bonds is 5. The molecule has 1 N–H and O–H groups in total. The molecule has 3 atom stereocenters. The van der Waals surface area contributed by atoms with Crippen molar-refractivity contribution in [2.75, 3.05) is 6.61 Å². The highest BCUT2D eigenvalue weighted by Gasteiger charge is 2.47. The second kappa shape index (κ2) is 6.86. The zero-order valence-electron chi connectivity index (χ0n) is 13.9. The van der Waals surface area contributed by atoms with E-state index in [9.17, 15) is 9.90 Å². The van der Waals surface area contributed by atoms with Gasteiger partial charge in [0.2, 0.25) is 0 Å². The van der Waals surface area contributed by atoms with Crippen LogP contribution in [0.2, 0.25) is 0 Å². The van der Waals surface area contributed by atoms with E-state index in [0.717, 1.165) is 30.1 Å². The average molecular weight is 339 g/mol. The van der Waals surface area contributed by atoms with Crippen molar-refractivity contribution in [2.45, 2.75) is 37.6 Å². The van der Waals surface area contributed by atoms with E-state index < -0.39 is 12.0 Å². The molecule has 5 heteroatoms. The second-order valence-electron chi connectivity index (χ2n) is 6.59. The van der Waals surface area contributed by atoms with Crippen LogP contribution in [0.25, 0.3) is 0 Å². The van der Waals surface area contributed by atoms with Crippen LogP contribution in [0.5, 0.6) is 11.5 Å². The number of likely N-dealkylation sites (tertiary alicyclic amines) is 1. The molecule has 2 aromatic rings. The molecule has 1 unspecified atom stereocenters. The van der Waals surface area contributed by atoms with Crippen molar-refractivity contribution in [3.63, 3.8) is 0 Å². The molecule has 0 bridgehead atoms. The number of ether oxygens (including phenoxy) is 2. The monoisotopic (exact) mass is 339 g/mol. The quantitative estimate of drug-likeness (QED) is 0.906. The van der Waals surface area contributed by atoms with Gasteiger partial charge >= 0.3 is 5.97 Å². The Balaban J connectivity index is 1.46. The third-order valence-electron chi connectivity index (χ3n) is 5.01. The fourth-order valence-corrected chi connectivity index (χ4v) is 3.80. The number of carbonyl (C=O) groups is 1. The van der Waals surface area contributed by atoms with Gasteiger partial charge in [-0.1, -0.05) is 30.3 Å². The van der Waals surface area contributed by atoms with E-state index in [1.54, 1.807) is 0 Å². The minimum atomic E-state index is -0.762. The number of hydrogen-bond acceptors (Lipinski definition) is 4. The van der Waals surface area contributed by atoms with Gasteiger partial charge in [-0.2, -0.15) is 0 Å². The summed E-state index contributed by atoms with van der Waals surface area (Å²) in [5.74, 6) is 0.807. The lowest BCUT2D eigenvalue weighted by atomic mass is 10.1. The Bertz CT molecular complexity index is 731. The van der Waals surface area contributed by atoms with Crippen molar-refractivity contribution in [1.29, 1.82) is 0 Å². The lowest BCUT2D eigenvalue weighted by molar-refractivity contribution is -0.143. The number of carboxylic acids is 1. The minimum Gasteiger partial charge on any atom is -0.480 e. The first-order valence-electron chi connectivity index (χ1n) is 8.63. The Morgan fingerprint density at radius 2 is 1.84 bits per heavy atom. The molecule has 2 saturated heterocycles. The predicted molar refractivity (Wildman–Crippen MR) is 92.7 cm³/mol. The van der Waals surface area contributed by atoms with E-state index in [0.29, 0.717) is 13.0 Å². The van der Waals surface area contributed by atoms with E-state index >= 15 is 0 Å². The molecule has 2 aliphatic heterocycles. The molecular formula is C20H21NO4. The van der Waals surface area contributed by atoms with Crippen LogP contribution in [-0.4, -0.2) is 40.8 Å². The van der Waals surface area contributed by atoms with E-state index in [2.05, 4.69) is 4.90 Å². The van der Waals surface area contributed by atoms with E-state index in [1.165, 1.54) is 0 Å². The molecular weight excluding hydrogens is 318 g/mol. The summed E-state index contributed by atoms with van der Waals surface area (Å²) < 4.78 is 11.5. The molecule has 2 heterocycles. The van der Waals surface area contributed by atoms with Crippen LogP contribution in [0.1, 0.15) is 18.4 Å². The van der Waals surface area contributed by atoms with Crippen LogP contribution in [0.3, 0.4) is 0 Å². The molecule has 2 aliphatic rings. The van der Waals surface area contributed by atoms with Crippen LogP contribution in [0.4, 0.5) is 0 Å². The summed E-state index contributed by atoms with van der Waals surface area (Å²) in [7, 11) is 0. The number of nitrogens with zero attached hydrogens (tertiary/aromatic N) is 1. The van der Waals surface area contributed by atoms with Crippen molar-refractivity contribution in [3.8, 4) is 11.5 Å². The van der Waals surface area contributed by atoms with E-state index in [-0.39, 0.29) is 12.1 Å². The third-order valence-corrected chi connectivity index (χ3v) is 5.01. The van der Waals surface area contributed by atoms with Crippen LogP contribution < -0.4 is 4.74 Å². The molecule has 0 saturated carbocycles. The van der Waals surface area contributed by atoms with E-state index in [4.69, 9.17) is 9.47 Å². The molecule has 0 radical (unpaired) electrons. The standard InChI is InChI=1S/C20H21NO4/c22-20(23)18-12-19-17(10-11-24-19)21(18)13-14-6-8-16(9-7-14)25-15-4-2-1-3-5-15/h1-9,17-19H,10-13H2,(H,22,23)/t17-,18?,19-/m0/s1. The van der Waals surface area contributed by atoms with Gasteiger partial charge in [0.25, 0.3) is 0 Å². The van der Waals surface area contributed by atoms with Gasteiger partial charge in [-0.15, -0.1) is 0 Å². The van der Waals surface area contributed by atoms with Crippen molar-refractivity contribution in [1.82, 2.24) is 4.90 Å². The lowest BCUT2D eigenvalue weighted by Gasteiger charge is -2.26. The van der Waals surface area contributed by atoms with E-state index in [1.807, 2.05) is 54.6 Å². The Hall–Kier alpha value is -2.37. The molecule has 130 valence electrons. The highest BCUT2D eigenvalue weighted by molar-refractivity contribution is 5.74. The SMILES string of the molecule is O=C(O)C1C[C@@H]2OCC[C@@H]2N1Cc1ccc(Oc2ccccc2)cc1. The number of fused-ring (bicyclic) bond motifs is 1. The van der Waals surface area contributed by atoms with Crippen LogP contribution >= 0.6 is 0 Å². The first-order chi connectivity index (χ1) is 12.2. The molecule has 5 nitrogen and oxygen atoms in total. The van der Waals surface area contributed by atoms with Gasteiger partial charge in [0.05, 0.1) is 6.10 Å². The maximum absolute atomic E-state index is 11.6. The Labute approximate surface area is 146 Å². The van der Waals surface area contributed by atoms with Gasteiger partial charge in [0.1, 0.15) is 17.5 Å². The lowest BCUT2D eigenvalue weighted by Crippen LogP contribution is -2.40. The fraction of sp³-hybridized carbons (Fsp3) is 0.350. The van der Waals surface area contributed by atoms with Gasteiger partial charge in [0.15, 0.2) is 0 Å². The zero-order chi connectivity index (χ0) is 17.2. The highest BCUT2D eigenvalue weighted by atomic mass is 16.5. The van der Waals surface area contributed by atoms with Crippen LogP contribution in [-0.2, 0) is 16.1 Å². The predicted octanol–water partition coefficient (Wildman–Crippen LogP) is 3.30. The first-order valence-corrected chi connectivity index (χ1v) is 8.63. The molecule has 25 heavy (non-hydrogen) atoms. The average Bonchev–Trinajstić information content (AvgIpc) is 3.20. The molecule has 0 aromatic heterocycles. The van der Waals surface area contributed by atoms with Crippen LogP contribution in [0, 0.1) is 0 Å². The summed E-state index contributed by atoms with van der Waals surface area (Å²) in [5, 5.41) is 9.51. The largest absolute Gasteiger partial charge is 0.480 e. The smallest absolute Gasteiger partial charge is 0.321 e. The van der Waals surface area contributed by atoms with Gasteiger partial charge in [-0.3, -0.25) is 9.69 Å². The molecule has 0 aliphatic carbocycles. The van der Waals surface area contributed by atoms with Gasteiger partial charge in [0, 0.05) is 25.6 Å². The van der Waals surface area contributed by atoms with Gasteiger partial charge in [-0.25, -0.2) is 0 Å².